The molecule has 0 unspecified atom stereocenters. The molecule has 0 N–H and O–H groups in total. The van der Waals surface area contributed by atoms with E-state index < -0.39 is 0 Å². The molecule has 0 aliphatic carbocycles. The zero-order chi connectivity index (χ0) is 13.7. The lowest BCUT2D eigenvalue weighted by atomic mass is 9.99. The van der Waals surface area contributed by atoms with Crippen molar-refractivity contribution in [3.63, 3.8) is 0 Å². The Kier molecular flexibility index (Phi) is 11.9. The van der Waals surface area contributed by atoms with Crippen LogP contribution in [0.1, 0.15) is 91.4 Å². The summed E-state index contributed by atoms with van der Waals surface area (Å²) < 4.78 is 0. The Bertz CT molecular complexity index is 166. The highest BCUT2D eigenvalue weighted by Gasteiger charge is 2.18. The van der Waals surface area contributed by atoms with E-state index in [4.69, 9.17) is 9.78 Å². The first kappa shape index (κ1) is 17.9. The lowest BCUT2D eigenvalue weighted by Gasteiger charge is -2.22. The van der Waals surface area contributed by atoms with E-state index in [0.29, 0.717) is 0 Å². The average molecular weight is 258 g/mol. The van der Waals surface area contributed by atoms with Crippen LogP contribution in [0.3, 0.4) is 0 Å². The van der Waals surface area contributed by atoms with E-state index in [-0.39, 0.29) is 5.60 Å². The summed E-state index contributed by atoms with van der Waals surface area (Å²) in [6.45, 7) is 6.45. The maximum Gasteiger partial charge on any atom is 0.0979 e. The van der Waals surface area contributed by atoms with Gasteiger partial charge in [-0.15, -0.1) is 0 Å². The SMILES string of the molecule is CCCCCCCCCCCCC(C)(C)OOC. The second-order valence-corrected chi connectivity index (χ2v) is 5.94. The van der Waals surface area contributed by atoms with Crippen LogP contribution >= 0.6 is 0 Å². The molecule has 0 rings (SSSR count). The molecule has 0 aromatic carbocycles. The van der Waals surface area contributed by atoms with Gasteiger partial charge in [-0.1, -0.05) is 71.1 Å². The summed E-state index contributed by atoms with van der Waals surface area (Å²) >= 11 is 0. The molecule has 0 aliphatic heterocycles. The molecule has 2 nitrogen and oxygen atoms in total. The van der Waals surface area contributed by atoms with Gasteiger partial charge in [0.1, 0.15) is 0 Å². The van der Waals surface area contributed by atoms with E-state index in [2.05, 4.69) is 20.8 Å². The topological polar surface area (TPSA) is 18.5 Å². The van der Waals surface area contributed by atoms with Gasteiger partial charge in [-0.25, -0.2) is 9.78 Å². The van der Waals surface area contributed by atoms with Gasteiger partial charge in [-0.05, 0) is 20.3 Å². The van der Waals surface area contributed by atoms with Crippen LogP contribution in [0.4, 0.5) is 0 Å². The quantitative estimate of drug-likeness (QED) is 0.241. The summed E-state index contributed by atoms with van der Waals surface area (Å²) in [6, 6.07) is 0. The van der Waals surface area contributed by atoms with Crippen LogP contribution in [-0.4, -0.2) is 12.7 Å². The normalized spacial score (nSPS) is 12.0. The minimum atomic E-state index is -0.130. The Hall–Kier alpha value is -0.0800. The molecule has 0 radical (unpaired) electrons. The number of unbranched alkanes of at least 4 members (excludes halogenated alkanes) is 9. The standard InChI is InChI=1S/C16H34O2/c1-5-6-7-8-9-10-11-12-13-14-15-16(2,3)18-17-4/h5-15H2,1-4H3. The number of hydrogen-bond acceptors (Lipinski definition) is 2. The minimum absolute atomic E-state index is 0.130. The summed E-state index contributed by atoms with van der Waals surface area (Å²) in [6.07, 6.45) is 14.9. The molecule has 2 heteroatoms. The van der Waals surface area contributed by atoms with Crippen molar-refractivity contribution in [3.05, 3.63) is 0 Å². The van der Waals surface area contributed by atoms with Crippen molar-refractivity contribution < 1.29 is 9.78 Å². The fraction of sp³-hybridized carbons (Fsp3) is 1.00. The summed E-state index contributed by atoms with van der Waals surface area (Å²) in [5, 5.41) is 0. The number of rotatable bonds is 13. The molecule has 0 saturated carbocycles. The van der Waals surface area contributed by atoms with Crippen LogP contribution in [0.2, 0.25) is 0 Å². The van der Waals surface area contributed by atoms with Gasteiger partial charge >= 0.3 is 0 Å². The molecular weight excluding hydrogens is 224 g/mol. The first-order chi connectivity index (χ1) is 8.62. The van der Waals surface area contributed by atoms with Crippen molar-refractivity contribution in [1.29, 1.82) is 0 Å². The van der Waals surface area contributed by atoms with Crippen LogP contribution in [0.15, 0.2) is 0 Å². The van der Waals surface area contributed by atoms with E-state index in [1.54, 1.807) is 7.11 Å². The molecule has 0 heterocycles. The van der Waals surface area contributed by atoms with E-state index >= 15 is 0 Å². The lowest BCUT2D eigenvalue weighted by Crippen LogP contribution is -2.23. The highest BCUT2D eigenvalue weighted by atomic mass is 17.2. The monoisotopic (exact) mass is 258 g/mol. The zero-order valence-electron chi connectivity index (χ0n) is 13.1. The average Bonchev–Trinajstić information content (AvgIpc) is 2.31. The first-order valence-electron chi connectivity index (χ1n) is 7.84. The largest absolute Gasteiger partial charge is 0.240 e. The van der Waals surface area contributed by atoms with Crippen LogP contribution in [0.25, 0.3) is 0 Å². The first-order valence-corrected chi connectivity index (χ1v) is 7.84. The Morgan fingerprint density at radius 2 is 1.17 bits per heavy atom. The van der Waals surface area contributed by atoms with Crippen LogP contribution in [0.5, 0.6) is 0 Å². The van der Waals surface area contributed by atoms with Gasteiger partial charge in [0.15, 0.2) is 0 Å². The number of hydrogen-bond donors (Lipinski definition) is 0. The minimum Gasteiger partial charge on any atom is -0.240 e. The molecule has 18 heavy (non-hydrogen) atoms. The van der Waals surface area contributed by atoms with Gasteiger partial charge in [0.2, 0.25) is 0 Å². The Morgan fingerprint density at radius 3 is 1.61 bits per heavy atom. The third kappa shape index (κ3) is 12.4. The molecule has 0 fully saturated rings. The van der Waals surface area contributed by atoms with Crippen molar-refractivity contribution in [1.82, 2.24) is 0 Å². The zero-order valence-corrected chi connectivity index (χ0v) is 13.1. The fourth-order valence-corrected chi connectivity index (χ4v) is 2.31. The van der Waals surface area contributed by atoms with E-state index in [1.807, 2.05) is 0 Å². The van der Waals surface area contributed by atoms with E-state index in [9.17, 15) is 0 Å². The predicted octanol–water partition coefficient (Wildman–Crippen LogP) is 5.65. The third-order valence-corrected chi connectivity index (χ3v) is 3.44. The molecule has 0 spiro atoms. The van der Waals surface area contributed by atoms with E-state index in [0.717, 1.165) is 6.42 Å². The summed E-state index contributed by atoms with van der Waals surface area (Å²) in [5.41, 5.74) is -0.130. The van der Waals surface area contributed by atoms with Crippen LogP contribution in [-0.2, 0) is 9.78 Å². The highest BCUT2D eigenvalue weighted by Crippen LogP contribution is 2.19. The lowest BCUT2D eigenvalue weighted by molar-refractivity contribution is -0.337. The van der Waals surface area contributed by atoms with Gasteiger partial charge in [-0.3, -0.25) is 0 Å². The molecule has 0 aromatic rings. The van der Waals surface area contributed by atoms with Gasteiger partial charge in [0.25, 0.3) is 0 Å². The Morgan fingerprint density at radius 1 is 0.722 bits per heavy atom. The summed E-state index contributed by atoms with van der Waals surface area (Å²) in [4.78, 5) is 9.96. The van der Waals surface area contributed by atoms with Crippen molar-refractivity contribution in [2.24, 2.45) is 0 Å². The van der Waals surface area contributed by atoms with Crippen molar-refractivity contribution in [2.45, 2.75) is 97.0 Å². The molecular formula is C16H34O2. The van der Waals surface area contributed by atoms with Gasteiger partial charge < -0.3 is 0 Å². The highest BCUT2D eigenvalue weighted by molar-refractivity contribution is 4.66. The second-order valence-electron chi connectivity index (χ2n) is 5.94. The van der Waals surface area contributed by atoms with Crippen molar-refractivity contribution in [3.8, 4) is 0 Å². The molecule has 0 atom stereocenters. The molecule has 0 aromatic heterocycles. The van der Waals surface area contributed by atoms with Crippen LogP contribution < -0.4 is 0 Å². The predicted molar refractivity (Wildman–Crippen MR) is 78.6 cm³/mol. The van der Waals surface area contributed by atoms with E-state index in [1.165, 1.54) is 64.2 Å². The van der Waals surface area contributed by atoms with Gasteiger partial charge in [-0.2, -0.15) is 0 Å². The maximum atomic E-state index is 5.21. The van der Waals surface area contributed by atoms with Crippen molar-refractivity contribution >= 4 is 0 Å². The third-order valence-electron chi connectivity index (χ3n) is 3.44. The fourth-order valence-electron chi connectivity index (χ4n) is 2.31. The molecule has 0 bridgehead atoms. The van der Waals surface area contributed by atoms with Crippen LogP contribution in [0, 0.1) is 0 Å². The molecule has 0 amide bonds. The maximum absolute atomic E-state index is 5.21. The summed E-state index contributed by atoms with van der Waals surface area (Å²) in [7, 11) is 1.58. The van der Waals surface area contributed by atoms with Gasteiger partial charge in [0.05, 0.1) is 12.7 Å². The Labute approximate surface area is 114 Å². The molecule has 0 aliphatic rings. The molecule has 110 valence electrons. The second kappa shape index (κ2) is 12.0. The molecule has 0 saturated heterocycles. The van der Waals surface area contributed by atoms with Crippen molar-refractivity contribution in [2.75, 3.05) is 7.11 Å². The van der Waals surface area contributed by atoms with Gasteiger partial charge in [0, 0.05) is 0 Å². The smallest absolute Gasteiger partial charge is 0.0979 e. The Balaban J connectivity index is 3.16. The summed E-state index contributed by atoms with van der Waals surface area (Å²) in [5.74, 6) is 0.